The summed E-state index contributed by atoms with van der Waals surface area (Å²) in [5, 5.41) is 2.44. The van der Waals surface area contributed by atoms with Crippen molar-refractivity contribution in [2.75, 3.05) is 6.61 Å². The Morgan fingerprint density at radius 3 is 2.62 bits per heavy atom. The molecule has 2 aromatic rings. The van der Waals surface area contributed by atoms with E-state index in [1.807, 2.05) is 6.07 Å². The van der Waals surface area contributed by atoms with Crippen molar-refractivity contribution in [1.29, 1.82) is 0 Å². The molecule has 1 heterocycles. The SMILES string of the molecule is Brc1ccc(C2=CCON2)c2ccccc12. The highest BCUT2D eigenvalue weighted by molar-refractivity contribution is 9.10. The maximum absolute atomic E-state index is 5.14. The van der Waals surface area contributed by atoms with E-state index in [9.17, 15) is 0 Å². The first kappa shape index (κ1) is 9.87. The van der Waals surface area contributed by atoms with Gasteiger partial charge in [-0.1, -0.05) is 46.3 Å². The van der Waals surface area contributed by atoms with Crippen molar-refractivity contribution in [2.45, 2.75) is 0 Å². The first-order valence-corrected chi connectivity index (χ1v) is 5.91. The molecule has 16 heavy (non-hydrogen) atoms. The van der Waals surface area contributed by atoms with Gasteiger partial charge in [0.25, 0.3) is 0 Å². The van der Waals surface area contributed by atoms with E-state index in [2.05, 4.69) is 57.8 Å². The molecule has 0 unspecified atom stereocenters. The number of hydrogen-bond acceptors (Lipinski definition) is 2. The van der Waals surface area contributed by atoms with E-state index in [4.69, 9.17) is 4.84 Å². The number of halogens is 1. The Hall–Kier alpha value is -1.32. The molecule has 0 atom stereocenters. The van der Waals surface area contributed by atoms with Crippen molar-refractivity contribution in [3.63, 3.8) is 0 Å². The average molecular weight is 276 g/mol. The minimum absolute atomic E-state index is 0.625. The Morgan fingerprint density at radius 2 is 1.88 bits per heavy atom. The summed E-state index contributed by atoms with van der Waals surface area (Å²) in [5.74, 6) is 0. The van der Waals surface area contributed by atoms with Gasteiger partial charge < -0.3 is 0 Å². The molecule has 3 rings (SSSR count). The zero-order valence-electron chi connectivity index (χ0n) is 8.53. The summed E-state index contributed by atoms with van der Waals surface area (Å²) in [7, 11) is 0. The fourth-order valence-electron chi connectivity index (χ4n) is 1.95. The predicted molar refractivity (Wildman–Crippen MR) is 68.7 cm³/mol. The van der Waals surface area contributed by atoms with Gasteiger partial charge in [-0.25, -0.2) is 0 Å². The molecule has 0 spiro atoms. The minimum atomic E-state index is 0.625. The van der Waals surface area contributed by atoms with Crippen molar-refractivity contribution < 1.29 is 4.84 Å². The van der Waals surface area contributed by atoms with Crippen LogP contribution in [0.4, 0.5) is 0 Å². The highest BCUT2D eigenvalue weighted by Crippen LogP contribution is 2.30. The van der Waals surface area contributed by atoms with Crippen molar-refractivity contribution in [1.82, 2.24) is 5.48 Å². The van der Waals surface area contributed by atoms with Gasteiger partial charge in [-0.2, -0.15) is 0 Å². The quantitative estimate of drug-likeness (QED) is 0.861. The number of hydrogen-bond donors (Lipinski definition) is 1. The number of hydroxylamine groups is 1. The van der Waals surface area contributed by atoms with Crippen LogP contribution in [0.1, 0.15) is 5.56 Å². The molecular formula is C13H10BrNO. The summed E-state index contributed by atoms with van der Waals surface area (Å²) in [6.07, 6.45) is 2.05. The van der Waals surface area contributed by atoms with Gasteiger partial charge in [-0.3, -0.25) is 10.3 Å². The molecule has 0 bridgehead atoms. The Morgan fingerprint density at radius 1 is 1.06 bits per heavy atom. The van der Waals surface area contributed by atoms with Crippen molar-refractivity contribution >= 4 is 32.4 Å². The summed E-state index contributed by atoms with van der Waals surface area (Å²) in [4.78, 5) is 5.14. The lowest BCUT2D eigenvalue weighted by atomic mass is 10.0. The Labute approximate surface area is 102 Å². The zero-order valence-corrected chi connectivity index (χ0v) is 10.1. The van der Waals surface area contributed by atoms with Crippen LogP contribution in [0.5, 0.6) is 0 Å². The van der Waals surface area contributed by atoms with Gasteiger partial charge in [-0.05, 0) is 22.9 Å². The third kappa shape index (κ3) is 1.52. The van der Waals surface area contributed by atoms with E-state index < -0.39 is 0 Å². The van der Waals surface area contributed by atoms with Gasteiger partial charge >= 0.3 is 0 Å². The van der Waals surface area contributed by atoms with Crippen LogP contribution < -0.4 is 5.48 Å². The van der Waals surface area contributed by atoms with E-state index >= 15 is 0 Å². The number of rotatable bonds is 1. The molecule has 0 aromatic heterocycles. The van der Waals surface area contributed by atoms with Crippen LogP contribution in [-0.2, 0) is 4.84 Å². The molecule has 0 radical (unpaired) electrons. The van der Waals surface area contributed by atoms with E-state index in [1.165, 1.54) is 16.3 Å². The number of nitrogens with one attached hydrogen (secondary N) is 1. The van der Waals surface area contributed by atoms with Gasteiger partial charge in [0.05, 0.1) is 12.3 Å². The van der Waals surface area contributed by atoms with Crippen LogP contribution in [0.3, 0.4) is 0 Å². The molecule has 0 aliphatic carbocycles. The average Bonchev–Trinajstić information content (AvgIpc) is 2.83. The summed E-state index contributed by atoms with van der Waals surface area (Å²) in [6.45, 7) is 0.625. The molecule has 0 fully saturated rings. The second-order valence-corrected chi connectivity index (χ2v) is 4.53. The Bertz CT molecular complexity index is 577. The van der Waals surface area contributed by atoms with Gasteiger partial charge in [-0.15, -0.1) is 0 Å². The molecule has 80 valence electrons. The number of benzene rings is 2. The zero-order chi connectivity index (χ0) is 11.0. The van der Waals surface area contributed by atoms with Crippen LogP contribution in [-0.4, -0.2) is 6.61 Å². The number of fused-ring (bicyclic) bond motifs is 1. The van der Waals surface area contributed by atoms with Crippen LogP contribution in [0.15, 0.2) is 46.9 Å². The van der Waals surface area contributed by atoms with E-state index in [1.54, 1.807) is 0 Å². The monoisotopic (exact) mass is 275 g/mol. The predicted octanol–water partition coefficient (Wildman–Crippen LogP) is 3.48. The molecule has 0 saturated carbocycles. The van der Waals surface area contributed by atoms with E-state index in [0.29, 0.717) is 6.61 Å². The van der Waals surface area contributed by atoms with E-state index in [-0.39, 0.29) is 0 Å². The smallest absolute Gasteiger partial charge is 0.0951 e. The Kier molecular flexibility index (Phi) is 2.42. The van der Waals surface area contributed by atoms with Gasteiger partial charge in [0.15, 0.2) is 0 Å². The summed E-state index contributed by atoms with van der Waals surface area (Å²) >= 11 is 3.57. The van der Waals surface area contributed by atoms with Crippen LogP contribution in [0.25, 0.3) is 16.5 Å². The lowest BCUT2D eigenvalue weighted by molar-refractivity contribution is 0.121. The third-order valence-electron chi connectivity index (χ3n) is 2.71. The molecular weight excluding hydrogens is 266 g/mol. The third-order valence-corrected chi connectivity index (χ3v) is 3.41. The Balaban J connectivity index is 2.29. The standard InChI is InChI=1S/C13H10BrNO/c14-12-6-5-11(13-7-8-16-15-13)9-3-1-2-4-10(9)12/h1-7,15H,8H2. The summed E-state index contributed by atoms with van der Waals surface area (Å²) in [5.41, 5.74) is 5.15. The molecule has 1 aliphatic rings. The second-order valence-electron chi connectivity index (χ2n) is 3.67. The summed E-state index contributed by atoms with van der Waals surface area (Å²) < 4.78 is 1.12. The summed E-state index contributed by atoms with van der Waals surface area (Å²) in [6, 6.07) is 12.5. The van der Waals surface area contributed by atoms with Gasteiger partial charge in [0, 0.05) is 10.0 Å². The maximum Gasteiger partial charge on any atom is 0.0951 e. The largest absolute Gasteiger partial charge is 0.272 e. The fraction of sp³-hybridized carbons (Fsp3) is 0.0769. The maximum atomic E-state index is 5.14. The molecule has 2 aromatic carbocycles. The first-order chi connectivity index (χ1) is 7.86. The van der Waals surface area contributed by atoms with Crippen LogP contribution in [0, 0.1) is 0 Å². The molecule has 1 aliphatic heterocycles. The van der Waals surface area contributed by atoms with Crippen molar-refractivity contribution in [3.8, 4) is 0 Å². The van der Waals surface area contributed by atoms with Crippen molar-refractivity contribution in [3.05, 3.63) is 52.5 Å². The van der Waals surface area contributed by atoms with Gasteiger partial charge in [0.1, 0.15) is 0 Å². The highest BCUT2D eigenvalue weighted by Gasteiger charge is 2.11. The molecule has 3 heteroatoms. The fourth-order valence-corrected chi connectivity index (χ4v) is 2.43. The van der Waals surface area contributed by atoms with Crippen LogP contribution in [0.2, 0.25) is 0 Å². The molecule has 1 N–H and O–H groups in total. The topological polar surface area (TPSA) is 21.3 Å². The minimum Gasteiger partial charge on any atom is -0.272 e. The van der Waals surface area contributed by atoms with E-state index in [0.717, 1.165) is 10.2 Å². The normalized spacial score (nSPS) is 14.9. The lowest BCUT2D eigenvalue weighted by Crippen LogP contribution is -2.05. The second kappa shape index (κ2) is 3.92. The van der Waals surface area contributed by atoms with Crippen molar-refractivity contribution in [2.24, 2.45) is 0 Å². The van der Waals surface area contributed by atoms with Gasteiger partial charge in [0.2, 0.25) is 0 Å². The molecule has 0 saturated heterocycles. The highest BCUT2D eigenvalue weighted by atomic mass is 79.9. The molecule has 2 nitrogen and oxygen atoms in total. The lowest BCUT2D eigenvalue weighted by Gasteiger charge is -2.09. The van der Waals surface area contributed by atoms with Crippen LogP contribution >= 0.6 is 15.9 Å². The molecule has 0 amide bonds. The first-order valence-electron chi connectivity index (χ1n) is 5.12.